The first-order valence-electron chi connectivity index (χ1n) is 9.83. The summed E-state index contributed by atoms with van der Waals surface area (Å²) in [6.45, 7) is 4.61. The summed E-state index contributed by atoms with van der Waals surface area (Å²) in [6.07, 6.45) is 3.62. The molecule has 0 amide bonds. The highest BCUT2D eigenvalue weighted by Gasteiger charge is 2.41. The molecule has 1 aliphatic heterocycles. The molecule has 138 valence electrons. The third-order valence-electron chi connectivity index (χ3n) is 6.24. The normalized spacial score (nSPS) is 26.0. The molecule has 2 aromatic rings. The van der Waals surface area contributed by atoms with E-state index in [4.69, 9.17) is 5.73 Å². The molecule has 4 nitrogen and oxygen atoms in total. The van der Waals surface area contributed by atoms with Gasteiger partial charge in [0.15, 0.2) is 6.17 Å². The maximum absolute atomic E-state index is 9.77. The first-order valence-corrected chi connectivity index (χ1v) is 9.83. The van der Waals surface area contributed by atoms with Crippen LogP contribution in [-0.2, 0) is 19.4 Å². The fourth-order valence-corrected chi connectivity index (χ4v) is 4.72. The lowest BCUT2D eigenvalue weighted by Crippen LogP contribution is -2.71. The van der Waals surface area contributed by atoms with Gasteiger partial charge < -0.3 is 5.11 Å². The molecule has 3 N–H and O–H groups in total. The quantitative estimate of drug-likeness (QED) is 0.812. The van der Waals surface area contributed by atoms with E-state index < -0.39 is 0 Å². The van der Waals surface area contributed by atoms with Gasteiger partial charge in [-0.15, -0.1) is 0 Å². The summed E-state index contributed by atoms with van der Waals surface area (Å²) >= 11 is 0. The number of quaternary nitrogens is 1. The van der Waals surface area contributed by atoms with E-state index in [1.807, 2.05) is 0 Å². The van der Waals surface area contributed by atoms with E-state index >= 15 is 0 Å². The lowest BCUT2D eigenvalue weighted by Gasteiger charge is -2.48. The van der Waals surface area contributed by atoms with Crippen LogP contribution in [-0.4, -0.2) is 49.0 Å². The second-order valence-corrected chi connectivity index (χ2v) is 7.80. The molecule has 0 saturated carbocycles. The zero-order valence-electron chi connectivity index (χ0n) is 15.5. The summed E-state index contributed by atoms with van der Waals surface area (Å²) in [5.74, 6) is 0. The number of hydrogen-bond donors (Lipinski definition) is 2. The Kier molecular flexibility index (Phi) is 5.09. The topological polar surface area (TPSA) is 49.5 Å². The van der Waals surface area contributed by atoms with Crippen molar-refractivity contribution in [3.63, 3.8) is 0 Å². The molecule has 2 unspecified atom stereocenters. The predicted molar refractivity (Wildman–Crippen MR) is 107 cm³/mol. The van der Waals surface area contributed by atoms with Crippen LogP contribution in [0.2, 0.25) is 0 Å². The minimum atomic E-state index is -0.0148. The molecule has 0 radical (unpaired) electrons. The van der Waals surface area contributed by atoms with Crippen LogP contribution >= 0.6 is 0 Å². The van der Waals surface area contributed by atoms with Crippen LogP contribution in [0.5, 0.6) is 0 Å². The van der Waals surface area contributed by atoms with Crippen molar-refractivity contribution < 1.29 is 5.11 Å². The highest BCUT2D eigenvalue weighted by atomic mass is 16.3. The number of nitrogens with zero attached hydrogens (tertiary/aromatic N) is 2. The summed E-state index contributed by atoms with van der Waals surface area (Å²) in [5.41, 5.74) is 12.3. The van der Waals surface area contributed by atoms with Gasteiger partial charge in [0, 0.05) is 19.2 Å². The van der Waals surface area contributed by atoms with Crippen LogP contribution in [0.25, 0.3) is 0 Å². The molecule has 1 aliphatic carbocycles. The molecule has 0 spiro atoms. The molecule has 2 atom stereocenters. The summed E-state index contributed by atoms with van der Waals surface area (Å²) in [7, 11) is 0. The fraction of sp³-hybridized carbons (Fsp3) is 0.455. The monoisotopic (exact) mass is 352 g/mol. The molecule has 26 heavy (non-hydrogen) atoms. The van der Waals surface area contributed by atoms with Crippen LogP contribution in [0.15, 0.2) is 48.5 Å². The molecular weight excluding hydrogens is 322 g/mol. The van der Waals surface area contributed by atoms with Crippen LogP contribution in [0.4, 0.5) is 5.69 Å². The van der Waals surface area contributed by atoms with Crippen molar-refractivity contribution in [1.82, 2.24) is 9.38 Å². The molecule has 1 saturated heterocycles. The molecule has 0 aromatic heterocycles. The minimum Gasteiger partial charge on any atom is -0.390 e. The third kappa shape index (κ3) is 3.30. The Labute approximate surface area is 156 Å². The van der Waals surface area contributed by atoms with E-state index in [-0.39, 0.29) is 12.8 Å². The van der Waals surface area contributed by atoms with E-state index in [0.29, 0.717) is 11.0 Å². The van der Waals surface area contributed by atoms with Gasteiger partial charge in [0.2, 0.25) is 0 Å². The zero-order valence-corrected chi connectivity index (χ0v) is 15.5. The van der Waals surface area contributed by atoms with Crippen LogP contribution in [0.3, 0.4) is 0 Å². The van der Waals surface area contributed by atoms with Crippen molar-refractivity contribution >= 4 is 5.69 Å². The number of rotatable bonds is 5. The van der Waals surface area contributed by atoms with Crippen molar-refractivity contribution in [2.45, 2.75) is 32.0 Å². The van der Waals surface area contributed by atoms with Gasteiger partial charge in [-0.3, -0.25) is 15.1 Å². The van der Waals surface area contributed by atoms with E-state index in [1.54, 1.807) is 0 Å². The van der Waals surface area contributed by atoms with Gasteiger partial charge in [0.1, 0.15) is 12.2 Å². The van der Waals surface area contributed by atoms with Crippen molar-refractivity contribution in [3.05, 3.63) is 65.2 Å². The Balaban J connectivity index is 1.55. The number of hydrogen-bond acceptors (Lipinski definition) is 3. The SMILES string of the molecule is NC1CN(Cc2ccccc2)CC[N+]1(CCO)c1ccc2c(c1)CCC2. The van der Waals surface area contributed by atoms with Gasteiger partial charge in [-0.05, 0) is 42.0 Å². The molecule has 4 heteroatoms. The third-order valence-corrected chi connectivity index (χ3v) is 6.24. The number of piperazine rings is 1. The Hall–Kier alpha value is -1.72. The van der Waals surface area contributed by atoms with Gasteiger partial charge >= 0.3 is 0 Å². The van der Waals surface area contributed by atoms with Crippen molar-refractivity contribution in [2.75, 3.05) is 32.8 Å². The van der Waals surface area contributed by atoms with E-state index in [1.165, 1.54) is 41.6 Å². The second-order valence-electron chi connectivity index (χ2n) is 7.80. The summed E-state index contributed by atoms with van der Waals surface area (Å²) < 4.78 is 0.703. The first kappa shape index (κ1) is 17.7. The molecule has 2 aliphatic rings. The van der Waals surface area contributed by atoms with Gasteiger partial charge in [-0.25, -0.2) is 0 Å². The second kappa shape index (κ2) is 7.49. The number of fused-ring (bicyclic) bond motifs is 1. The smallest absolute Gasteiger partial charge is 0.158 e. The molecule has 4 rings (SSSR count). The number of aliphatic hydroxyl groups excluding tert-OH is 1. The van der Waals surface area contributed by atoms with E-state index in [0.717, 1.165) is 26.2 Å². The predicted octanol–water partition coefficient (Wildman–Crippen LogP) is 2.28. The highest BCUT2D eigenvalue weighted by molar-refractivity contribution is 5.51. The maximum atomic E-state index is 9.77. The number of benzene rings is 2. The van der Waals surface area contributed by atoms with E-state index in [9.17, 15) is 5.11 Å². The number of aryl methyl sites for hydroxylation is 2. The van der Waals surface area contributed by atoms with Gasteiger partial charge in [0.25, 0.3) is 0 Å². The van der Waals surface area contributed by atoms with Crippen LogP contribution in [0.1, 0.15) is 23.1 Å². The van der Waals surface area contributed by atoms with Crippen LogP contribution < -0.4 is 10.2 Å². The van der Waals surface area contributed by atoms with Crippen LogP contribution in [0, 0.1) is 0 Å². The Bertz CT molecular complexity index is 748. The average molecular weight is 353 g/mol. The lowest BCUT2D eigenvalue weighted by molar-refractivity contribution is 0.0629. The Morgan fingerprint density at radius 3 is 2.65 bits per heavy atom. The number of nitrogens with two attached hydrogens (primary N) is 1. The average Bonchev–Trinajstić information content (AvgIpc) is 3.13. The molecule has 2 aromatic carbocycles. The van der Waals surface area contributed by atoms with Gasteiger partial charge in [0.05, 0.1) is 19.7 Å². The van der Waals surface area contributed by atoms with E-state index in [2.05, 4.69) is 53.4 Å². The highest BCUT2D eigenvalue weighted by Crippen LogP contribution is 2.33. The summed E-state index contributed by atoms with van der Waals surface area (Å²) in [5, 5.41) is 9.77. The maximum Gasteiger partial charge on any atom is 0.158 e. The summed E-state index contributed by atoms with van der Waals surface area (Å²) in [6, 6.07) is 17.5. The van der Waals surface area contributed by atoms with Gasteiger partial charge in [-0.1, -0.05) is 36.4 Å². The molecular formula is C22H30N3O+. The fourth-order valence-electron chi connectivity index (χ4n) is 4.72. The molecule has 0 bridgehead atoms. The first-order chi connectivity index (χ1) is 12.7. The zero-order chi connectivity index (χ0) is 18.0. The molecule has 1 fully saturated rings. The largest absolute Gasteiger partial charge is 0.390 e. The van der Waals surface area contributed by atoms with Gasteiger partial charge in [-0.2, -0.15) is 0 Å². The Morgan fingerprint density at radius 1 is 1.08 bits per heavy atom. The van der Waals surface area contributed by atoms with Crippen molar-refractivity contribution in [3.8, 4) is 0 Å². The summed E-state index contributed by atoms with van der Waals surface area (Å²) in [4.78, 5) is 2.45. The Morgan fingerprint density at radius 2 is 1.88 bits per heavy atom. The number of aliphatic hydroxyl groups is 1. The van der Waals surface area contributed by atoms with Crippen molar-refractivity contribution in [1.29, 1.82) is 0 Å². The molecule has 1 heterocycles. The lowest BCUT2D eigenvalue weighted by atomic mass is 10.0. The standard InChI is InChI=1S/C22H30N3O/c23-22-17-24(16-18-5-2-1-3-6-18)11-12-25(22,13-14-26)21-10-9-19-7-4-8-20(19)15-21/h1-3,5-6,9-10,15,22,26H,4,7-8,11-14,16-17,23H2/q+1. The minimum absolute atomic E-state index is 0.0148. The van der Waals surface area contributed by atoms with Crippen molar-refractivity contribution in [2.24, 2.45) is 5.73 Å².